The SMILES string of the molecule is Cc1ccc(F)c(OCC(=O)N2CCC(O)(C(=O)O)CC2)c1. The number of ether oxygens (including phenoxy) is 1. The maximum atomic E-state index is 13.5. The predicted octanol–water partition coefficient (Wildman–Crippen LogP) is 0.951. The van der Waals surface area contributed by atoms with Crippen LogP contribution in [0.25, 0.3) is 0 Å². The molecule has 1 amide bonds. The van der Waals surface area contributed by atoms with Crippen molar-refractivity contribution >= 4 is 11.9 Å². The van der Waals surface area contributed by atoms with Crippen LogP contribution in [0.3, 0.4) is 0 Å². The minimum atomic E-state index is -1.78. The van der Waals surface area contributed by atoms with Crippen molar-refractivity contribution in [3.63, 3.8) is 0 Å². The first-order chi connectivity index (χ1) is 10.3. The Balaban J connectivity index is 1.89. The number of carboxylic acid groups (broad SMARTS) is 1. The van der Waals surface area contributed by atoms with Gasteiger partial charge >= 0.3 is 5.97 Å². The van der Waals surface area contributed by atoms with Crippen LogP contribution in [0.2, 0.25) is 0 Å². The van der Waals surface area contributed by atoms with Crippen LogP contribution >= 0.6 is 0 Å². The number of amides is 1. The zero-order chi connectivity index (χ0) is 16.3. The second kappa shape index (κ2) is 6.31. The number of hydrogen-bond acceptors (Lipinski definition) is 4. The molecule has 1 aromatic rings. The second-order valence-electron chi connectivity index (χ2n) is 5.44. The van der Waals surface area contributed by atoms with Crippen LogP contribution in [0.15, 0.2) is 18.2 Å². The summed E-state index contributed by atoms with van der Waals surface area (Å²) in [5, 5.41) is 18.7. The molecule has 1 aromatic carbocycles. The van der Waals surface area contributed by atoms with E-state index in [9.17, 15) is 19.1 Å². The maximum absolute atomic E-state index is 13.5. The minimum Gasteiger partial charge on any atom is -0.481 e. The highest BCUT2D eigenvalue weighted by molar-refractivity contribution is 5.80. The molecule has 1 aliphatic heterocycles. The van der Waals surface area contributed by atoms with E-state index >= 15 is 0 Å². The summed E-state index contributed by atoms with van der Waals surface area (Å²) < 4.78 is 18.7. The van der Waals surface area contributed by atoms with E-state index in [-0.39, 0.29) is 44.2 Å². The summed E-state index contributed by atoms with van der Waals surface area (Å²) in [5.41, 5.74) is -0.964. The van der Waals surface area contributed by atoms with Crippen LogP contribution in [-0.4, -0.2) is 52.3 Å². The molecule has 1 saturated heterocycles. The molecule has 120 valence electrons. The second-order valence-corrected chi connectivity index (χ2v) is 5.44. The summed E-state index contributed by atoms with van der Waals surface area (Å²) in [7, 11) is 0. The van der Waals surface area contributed by atoms with Crippen molar-refractivity contribution in [2.24, 2.45) is 0 Å². The van der Waals surface area contributed by atoms with E-state index in [1.165, 1.54) is 17.0 Å². The van der Waals surface area contributed by atoms with Crippen molar-refractivity contribution in [2.75, 3.05) is 19.7 Å². The lowest BCUT2D eigenvalue weighted by molar-refractivity contribution is -0.165. The lowest BCUT2D eigenvalue weighted by Crippen LogP contribution is -2.51. The number of carbonyl (C=O) groups is 2. The van der Waals surface area contributed by atoms with Gasteiger partial charge in [0.1, 0.15) is 0 Å². The third-order valence-corrected chi connectivity index (χ3v) is 3.78. The Morgan fingerprint density at radius 1 is 1.36 bits per heavy atom. The van der Waals surface area contributed by atoms with Gasteiger partial charge in [-0.3, -0.25) is 4.79 Å². The molecular weight excluding hydrogens is 293 g/mol. The Bertz CT molecular complexity index is 581. The van der Waals surface area contributed by atoms with Crippen LogP contribution < -0.4 is 4.74 Å². The number of carboxylic acids is 1. The monoisotopic (exact) mass is 311 g/mol. The first kappa shape index (κ1) is 16.2. The Hall–Kier alpha value is -2.15. The summed E-state index contributed by atoms with van der Waals surface area (Å²) in [6, 6.07) is 4.37. The van der Waals surface area contributed by atoms with Gasteiger partial charge in [-0.15, -0.1) is 0 Å². The number of aliphatic hydroxyl groups is 1. The number of likely N-dealkylation sites (tertiary alicyclic amines) is 1. The van der Waals surface area contributed by atoms with Crippen LogP contribution in [0.4, 0.5) is 4.39 Å². The highest BCUT2D eigenvalue weighted by Crippen LogP contribution is 2.23. The number of halogens is 1. The third kappa shape index (κ3) is 3.54. The number of hydrogen-bond donors (Lipinski definition) is 2. The number of nitrogens with zero attached hydrogens (tertiary/aromatic N) is 1. The summed E-state index contributed by atoms with van der Waals surface area (Å²) in [6.07, 6.45) is -0.0697. The number of rotatable bonds is 4. The highest BCUT2D eigenvalue weighted by Gasteiger charge is 2.40. The number of piperidine rings is 1. The molecule has 0 aromatic heterocycles. The summed E-state index contributed by atoms with van der Waals surface area (Å²) in [5.74, 6) is -2.18. The molecule has 1 heterocycles. The van der Waals surface area contributed by atoms with Crippen molar-refractivity contribution in [1.82, 2.24) is 4.90 Å². The van der Waals surface area contributed by atoms with Crippen molar-refractivity contribution in [3.05, 3.63) is 29.6 Å². The zero-order valence-electron chi connectivity index (χ0n) is 12.2. The molecule has 6 nitrogen and oxygen atoms in total. The molecule has 1 fully saturated rings. The Labute approximate surface area is 127 Å². The van der Waals surface area contributed by atoms with Gasteiger partial charge in [0.15, 0.2) is 23.8 Å². The average molecular weight is 311 g/mol. The van der Waals surface area contributed by atoms with Crippen molar-refractivity contribution < 1.29 is 28.9 Å². The fourth-order valence-electron chi connectivity index (χ4n) is 2.29. The quantitative estimate of drug-likeness (QED) is 0.864. The predicted molar refractivity (Wildman–Crippen MR) is 75.0 cm³/mol. The van der Waals surface area contributed by atoms with Crippen LogP contribution in [0.1, 0.15) is 18.4 Å². The van der Waals surface area contributed by atoms with Gasteiger partial charge in [-0.1, -0.05) is 6.07 Å². The van der Waals surface area contributed by atoms with Gasteiger partial charge < -0.3 is 19.8 Å². The number of benzene rings is 1. The van der Waals surface area contributed by atoms with E-state index < -0.39 is 17.4 Å². The van der Waals surface area contributed by atoms with Crippen LogP contribution in [0, 0.1) is 12.7 Å². The smallest absolute Gasteiger partial charge is 0.335 e. The minimum absolute atomic E-state index is 0.00685. The van der Waals surface area contributed by atoms with Crippen molar-refractivity contribution in [2.45, 2.75) is 25.4 Å². The van der Waals surface area contributed by atoms with Gasteiger partial charge in [-0.25, -0.2) is 9.18 Å². The van der Waals surface area contributed by atoms with Gasteiger partial charge in [0.2, 0.25) is 0 Å². The Kier molecular flexibility index (Phi) is 4.65. The van der Waals surface area contributed by atoms with Gasteiger partial charge in [-0.2, -0.15) is 0 Å². The van der Waals surface area contributed by atoms with E-state index in [0.717, 1.165) is 5.56 Å². The van der Waals surface area contributed by atoms with E-state index in [4.69, 9.17) is 9.84 Å². The lowest BCUT2D eigenvalue weighted by Gasteiger charge is -2.35. The van der Waals surface area contributed by atoms with Crippen molar-refractivity contribution in [1.29, 1.82) is 0 Å². The largest absolute Gasteiger partial charge is 0.481 e. The van der Waals surface area contributed by atoms with Crippen LogP contribution in [0.5, 0.6) is 5.75 Å². The Morgan fingerprint density at radius 2 is 2.00 bits per heavy atom. The fourth-order valence-corrected chi connectivity index (χ4v) is 2.29. The molecule has 2 N–H and O–H groups in total. The first-order valence-electron chi connectivity index (χ1n) is 6.94. The molecule has 0 bridgehead atoms. The summed E-state index contributed by atoms with van der Waals surface area (Å²) in [4.78, 5) is 24.3. The van der Waals surface area contributed by atoms with E-state index in [2.05, 4.69) is 0 Å². The number of aliphatic carboxylic acids is 1. The van der Waals surface area contributed by atoms with Gasteiger partial charge in [-0.05, 0) is 24.6 Å². The summed E-state index contributed by atoms with van der Waals surface area (Å²) in [6.45, 7) is 1.71. The lowest BCUT2D eigenvalue weighted by atomic mass is 9.92. The standard InChI is InChI=1S/C15H18FNO5/c1-10-2-3-11(16)12(8-10)22-9-13(18)17-6-4-15(21,5-7-17)14(19)20/h2-3,8,21H,4-7,9H2,1H3,(H,19,20). The maximum Gasteiger partial charge on any atom is 0.335 e. The molecule has 0 saturated carbocycles. The van der Waals surface area contributed by atoms with E-state index in [0.29, 0.717) is 0 Å². The van der Waals surface area contributed by atoms with Gasteiger partial charge in [0.25, 0.3) is 5.91 Å². The van der Waals surface area contributed by atoms with Gasteiger partial charge in [0.05, 0.1) is 0 Å². The topological polar surface area (TPSA) is 87.1 Å². The Morgan fingerprint density at radius 3 is 2.59 bits per heavy atom. The molecular formula is C15H18FNO5. The number of carbonyl (C=O) groups excluding carboxylic acids is 1. The van der Waals surface area contributed by atoms with Gasteiger partial charge in [0, 0.05) is 25.9 Å². The molecule has 0 unspecified atom stereocenters. The van der Waals surface area contributed by atoms with Crippen LogP contribution in [-0.2, 0) is 9.59 Å². The zero-order valence-corrected chi connectivity index (χ0v) is 12.2. The fraction of sp³-hybridized carbons (Fsp3) is 0.467. The first-order valence-corrected chi connectivity index (χ1v) is 6.94. The van der Waals surface area contributed by atoms with E-state index in [1.54, 1.807) is 13.0 Å². The molecule has 0 radical (unpaired) electrons. The van der Waals surface area contributed by atoms with E-state index in [1.807, 2.05) is 0 Å². The third-order valence-electron chi connectivity index (χ3n) is 3.78. The average Bonchev–Trinajstić information content (AvgIpc) is 2.48. The van der Waals surface area contributed by atoms with Crippen molar-refractivity contribution in [3.8, 4) is 5.75 Å². The molecule has 1 aliphatic rings. The normalized spacial score (nSPS) is 17.1. The molecule has 0 atom stereocenters. The number of aryl methyl sites for hydroxylation is 1. The molecule has 0 aliphatic carbocycles. The molecule has 2 rings (SSSR count). The highest BCUT2D eigenvalue weighted by atomic mass is 19.1. The molecule has 7 heteroatoms. The summed E-state index contributed by atoms with van der Waals surface area (Å²) >= 11 is 0. The molecule has 0 spiro atoms. The molecule has 22 heavy (non-hydrogen) atoms.